The topological polar surface area (TPSA) is 49.8 Å². The van der Waals surface area contributed by atoms with Crippen molar-refractivity contribution in [1.29, 1.82) is 0 Å². The van der Waals surface area contributed by atoms with E-state index in [1.807, 2.05) is 6.07 Å². The van der Waals surface area contributed by atoms with E-state index in [-0.39, 0.29) is 5.41 Å². The van der Waals surface area contributed by atoms with Crippen molar-refractivity contribution in [3.05, 3.63) is 11.9 Å². The molecule has 0 bridgehead atoms. The quantitative estimate of drug-likeness (QED) is 0.824. The minimum atomic E-state index is -0.0542. The van der Waals surface area contributed by atoms with E-state index in [1.54, 1.807) is 0 Å². The van der Waals surface area contributed by atoms with Gasteiger partial charge in [0.05, 0.1) is 0 Å². The maximum atomic E-state index is 4.67. The summed E-state index contributed by atoms with van der Waals surface area (Å²) in [5, 5.41) is 6.84. The van der Waals surface area contributed by atoms with Crippen molar-refractivity contribution in [1.82, 2.24) is 9.97 Å². The molecule has 4 heteroatoms. The average molecular weight is 278 g/mol. The third kappa shape index (κ3) is 4.99. The standard InChI is InChI=1S/C16H30N4/c1-8-9-17-13-10-14(18-12(4)11(2)3)20-15(19-13)16(5,6)7/h10-12H,8-9H2,1-7H3,(H2,17,18,19,20). The highest BCUT2D eigenvalue weighted by molar-refractivity contribution is 5.48. The van der Waals surface area contributed by atoms with Crippen LogP contribution < -0.4 is 10.6 Å². The first-order chi connectivity index (χ1) is 9.24. The van der Waals surface area contributed by atoms with Crippen molar-refractivity contribution in [3.63, 3.8) is 0 Å². The molecule has 0 spiro atoms. The van der Waals surface area contributed by atoms with Gasteiger partial charge in [0.2, 0.25) is 0 Å². The summed E-state index contributed by atoms with van der Waals surface area (Å²) in [6.07, 6.45) is 1.08. The normalized spacial score (nSPS) is 13.4. The van der Waals surface area contributed by atoms with Crippen molar-refractivity contribution >= 4 is 11.6 Å². The Labute approximate surface area is 123 Å². The van der Waals surface area contributed by atoms with Gasteiger partial charge in [0.25, 0.3) is 0 Å². The molecule has 4 nitrogen and oxygen atoms in total. The summed E-state index contributed by atoms with van der Waals surface area (Å²) in [6, 6.07) is 2.39. The Morgan fingerprint density at radius 3 is 2.20 bits per heavy atom. The van der Waals surface area contributed by atoms with E-state index in [4.69, 9.17) is 0 Å². The van der Waals surface area contributed by atoms with Gasteiger partial charge in [-0.1, -0.05) is 41.5 Å². The van der Waals surface area contributed by atoms with Crippen molar-refractivity contribution < 1.29 is 0 Å². The summed E-state index contributed by atoms with van der Waals surface area (Å²) in [7, 11) is 0. The first-order valence-electron chi connectivity index (χ1n) is 7.64. The van der Waals surface area contributed by atoms with E-state index in [1.165, 1.54) is 0 Å². The van der Waals surface area contributed by atoms with E-state index < -0.39 is 0 Å². The summed E-state index contributed by atoms with van der Waals surface area (Å²) in [4.78, 5) is 9.31. The third-order valence-electron chi connectivity index (χ3n) is 3.33. The smallest absolute Gasteiger partial charge is 0.138 e. The van der Waals surface area contributed by atoms with Gasteiger partial charge in [-0.15, -0.1) is 0 Å². The number of rotatable bonds is 6. The summed E-state index contributed by atoms with van der Waals surface area (Å²) in [6.45, 7) is 16.1. The molecule has 0 saturated carbocycles. The number of nitrogens with one attached hydrogen (secondary N) is 2. The number of aromatic nitrogens is 2. The first-order valence-corrected chi connectivity index (χ1v) is 7.64. The zero-order valence-corrected chi connectivity index (χ0v) is 14.0. The zero-order valence-electron chi connectivity index (χ0n) is 14.0. The minimum absolute atomic E-state index is 0.0542. The Morgan fingerprint density at radius 2 is 1.70 bits per heavy atom. The van der Waals surface area contributed by atoms with Crippen molar-refractivity contribution in [2.75, 3.05) is 17.2 Å². The average Bonchev–Trinajstić information content (AvgIpc) is 2.34. The van der Waals surface area contributed by atoms with E-state index in [2.05, 4.69) is 69.1 Å². The molecular weight excluding hydrogens is 248 g/mol. The van der Waals surface area contributed by atoms with Gasteiger partial charge in [-0.05, 0) is 19.3 Å². The van der Waals surface area contributed by atoms with Crippen LogP contribution in [0.4, 0.5) is 11.6 Å². The Hall–Kier alpha value is -1.32. The first kappa shape index (κ1) is 16.7. The lowest BCUT2D eigenvalue weighted by molar-refractivity contribution is 0.539. The molecule has 0 aliphatic heterocycles. The number of hydrogen-bond acceptors (Lipinski definition) is 4. The zero-order chi connectivity index (χ0) is 15.3. The van der Waals surface area contributed by atoms with Gasteiger partial charge in [0, 0.05) is 24.1 Å². The summed E-state index contributed by atoms with van der Waals surface area (Å²) in [5.41, 5.74) is -0.0542. The predicted molar refractivity (Wildman–Crippen MR) is 87.4 cm³/mol. The van der Waals surface area contributed by atoms with Crippen LogP contribution in [-0.4, -0.2) is 22.6 Å². The molecule has 20 heavy (non-hydrogen) atoms. The molecule has 1 aromatic heterocycles. The van der Waals surface area contributed by atoms with Crippen molar-refractivity contribution in [2.45, 2.75) is 66.3 Å². The maximum absolute atomic E-state index is 4.67. The van der Waals surface area contributed by atoms with Crippen LogP contribution >= 0.6 is 0 Å². The van der Waals surface area contributed by atoms with E-state index >= 15 is 0 Å². The molecule has 0 aliphatic rings. The predicted octanol–water partition coefficient (Wildman–Crippen LogP) is 4.05. The van der Waals surface area contributed by atoms with Crippen LogP contribution in [-0.2, 0) is 5.41 Å². The van der Waals surface area contributed by atoms with Crippen LogP contribution in [0.1, 0.15) is 60.7 Å². The van der Waals surface area contributed by atoms with Crippen LogP contribution in [0.25, 0.3) is 0 Å². The number of nitrogens with zero attached hydrogens (tertiary/aromatic N) is 2. The maximum Gasteiger partial charge on any atom is 0.138 e. The van der Waals surface area contributed by atoms with Crippen molar-refractivity contribution in [3.8, 4) is 0 Å². The van der Waals surface area contributed by atoms with E-state index in [9.17, 15) is 0 Å². The molecule has 0 aliphatic carbocycles. The summed E-state index contributed by atoms with van der Waals surface area (Å²) >= 11 is 0. The highest BCUT2D eigenvalue weighted by Crippen LogP contribution is 2.23. The van der Waals surface area contributed by atoms with Crippen LogP contribution in [0.5, 0.6) is 0 Å². The lowest BCUT2D eigenvalue weighted by atomic mass is 9.95. The summed E-state index contributed by atoms with van der Waals surface area (Å²) < 4.78 is 0. The van der Waals surface area contributed by atoms with E-state index in [0.29, 0.717) is 12.0 Å². The third-order valence-corrected chi connectivity index (χ3v) is 3.33. The molecule has 0 aromatic carbocycles. The molecule has 1 atom stereocenters. The van der Waals surface area contributed by atoms with Gasteiger partial charge in [-0.2, -0.15) is 0 Å². The minimum Gasteiger partial charge on any atom is -0.370 e. The Balaban J connectivity index is 3.03. The fourth-order valence-corrected chi connectivity index (χ4v) is 1.60. The van der Waals surface area contributed by atoms with Crippen LogP contribution in [0.2, 0.25) is 0 Å². The molecule has 0 fully saturated rings. The molecule has 1 heterocycles. The number of hydrogen-bond donors (Lipinski definition) is 2. The Kier molecular flexibility index (Phi) is 5.78. The lowest BCUT2D eigenvalue weighted by Crippen LogP contribution is -2.24. The van der Waals surface area contributed by atoms with E-state index in [0.717, 1.165) is 30.4 Å². The fraction of sp³-hybridized carbons (Fsp3) is 0.750. The van der Waals surface area contributed by atoms with Crippen LogP contribution in [0.15, 0.2) is 6.07 Å². The number of anilines is 2. The second-order valence-electron chi connectivity index (χ2n) is 6.82. The highest BCUT2D eigenvalue weighted by atomic mass is 15.1. The van der Waals surface area contributed by atoms with Crippen molar-refractivity contribution in [2.24, 2.45) is 5.92 Å². The van der Waals surface area contributed by atoms with Gasteiger partial charge in [-0.3, -0.25) is 0 Å². The molecule has 1 rings (SSSR count). The molecule has 1 unspecified atom stereocenters. The van der Waals surface area contributed by atoms with Crippen LogP contribution in [0, 0.1) is 5.92 Å². The molecular formula is C16H30N4. The molecule has 1 aromatic rings. The molecule has 0 amide bonds. The molecule has 0 saturated heterocycles. The molecule has 114 valence electrons. The highest BCUT2D eigenvalue weighted by Gasteiger charge is 2.19. The lowest BCUT2D eigenvalue weighted by Gasteiger charge is -2.22. The summed E-state index contributed by atoms with van der Waals surface area (Å²) in [5.74, 6) is 3.25. The fourth-order valence-electron chi connectivity index (χ4n) is 1.60. The largest absolute Gasteiger partial charge is 0.370 e. The van der Waals surface area contributed by atoms with Gasteiger partial charge in [0.15, 0.2) is 0 Å². The monoisotopic (exact) mass is 278 g/mol. The van der Waals surface area contributed by atoms with Crippen LogP contribution in [0.3, 0.4) is 0 Å². The van der Waals surface area contributed by atoms with Gasteiger partial charge in [0.1, 0.15) is 17.5 Å². The molecule has 0 radical (unpaired) electrons. The second kappa shape index (κ2) is 6.91. The molecule has 2 N–H and O–H groups in total. The van der Waals surface area contributed by atoms with Gasteiger partial charge >= 0.3 is 0 Å². The van der Waals surface area contributed by atoms with Gasteiger partial charge < -0.3 is 10.6 Å². The second-order valence-corrected chi connectivity index (χ2v) is 6.82. The van der Waals surface area contributed by atoms with Gasteiger partial charge in [-0.25, -0.2) is 9.97 Å². The SMILES string of the molecule is CCCNc1cc(NC(C)C(C)C)nc(C(C)(C)C)n1. The Morgan fingerprint density at radius 1 is 1.10 bits per heavy atom. The Bertz CT molecular complexity index is 421.